The fourth-order valence-electron chi connectivity index (χ4n) is 4.24. The number of rotatable bonds is 5. The van der Waals surface area contributed by atoms with Crippen molar-refractivity contribution in [1.29, 1.82) is 0 Å². The highest BCUT2D eigenvalue weighted by Crippen LogP contribution is 2.34. The van der Waals surface area contributed by atoms with Gasteiger partial charge in [0.1, 0.15) is 28.3 Å². The van der Waals surface area contributed by atoms with Crippen LogP contribution in [0.1, 0.15) is 35.5 Å². The van der Waals surface area contributed by atoms with Crippen LogP contribution in [0.3, 0.4) is 0 Å². The van der Waals surface area contributed by atoms with Crippen LogP contribution in [0.2, 0.25) is 0 Å². The molecule has 1 amide bonds. The summed E-state index contributed by atoms with van der Waals surface area (Å²) in [6, 6.07) is 14.7. The number of aromatic nitrogens is 1. The molecule has 0 spiro atoms. The van der Waals surface area contributed by atoms with Crippen LogP contribution >= 0.6 is 0 Å². The zero-order valence-electron chi connectivity index (χ0n) is 21.9. The normalized spacial score (nSPS) is 19.3. The van der Waals surface area contributed by atoms with E-state index in [1.807, 2.05) is 6.92 Å². The van der Waals surface area contributed by atoms with Crippen molar-refractivity contribution in [3.05, 3.63) is 89.5 Å². The number of likely N-dealkylation sites (N-methyl/N-ethyl adjacent to an activating group) is 1. The van der Waals surface area contributed by atoms with Gasteiger partial charge in [-0.2, -0.15) is 4.31 Å². The van der Waals surface area contributed by atoms with E-state index in [1.54, 1.807) is 62.6 Å². The molecular weight excluding hydrogens is 521 g/mol. The molecule has 1 N–H and O–H groups in total. The predicted molar refractivity (Wildman–Crippen MR) is 144 cm³/mol. The van der Waals surface area contributed by atoms with E-state index in [9.17, 15) is 22.7 Å². The van der Waals surface area contributed by atoms with Gasteiger partial charge in [0.05, 0.1) is 13.2 Å². The van der Waals surface area contributed by atoms with Crippen molar-refractivity contribution in [3.8, 4) is 17.6 Å². The highest BCUT2D eigenvalue weighted by Gasteiger charge is 2.38. The average molecular weight is 552 g/mol. The Balaban J connectivity index is 1.71. The monoisotopic (exact) mass is 551 g/mol. The summed E-state index contributed by atoms with van der Waals surface area (Å²) in [5.74, 6) is 5.02. The second-order valence-electron chi connectivity index (χ2n) is 9.56. The maximum absolute atomic E-state index is 13.7. The zero-order valence-corrected chi connectivity index (χ0v) is 22.7. The third kappa shape index (κ3) is 6.45. The summed E-state index contributed by atoms with van der Waals surface area (Å²) in [6.45, 7) is 3.39. The minimum atomic E-state index is -4.02. The van der Waals surface area contributed by atoms with Crippen LogP contribution in [-0.2, 0) is 10.0 Å². The molecule has 0 aliphatic carbocycles. The van der Waals surface area contributed by atoms with E-state index < -0.39 is 22.2 Å². The number of aliphatic hydroxyl groups excluding tert-OH is 1. The Bertz CT molecular complexity index is 1490. The standard InChI is InChI=1S/C29H30FN3O5S/c1-20-17-33(21(2)19-34)39(36,37)28-14-11-23(8-7-22-9-12-24(30)13-10-22)16-26(28)38-27(20)18-32(3)29(35)25-6-4-5-15-31-25/h4-6,9-16,20-21,27,34H,17-19H2,1-3H3/t20-,21-,27+/m1/s1. The molecule has 0 fully saturated rings. The maximum atomic E-state index is 13.7. The smallest absolute Gasteiger partial charge is 0.272 e. The molecule has 0 unspecified atom stereocenters. The van der Waals surface area contributed by atoms with Gasteiger partial charge in [-0.05, 0) is 61.5 Å². The lowest BCUT2D eigenvalue weighted by atomic mass is 10.0. The largest absolute Gasteiger partial charge is 0.487 e. The van der Waals surface area contributed by atoms with Gasteiger partial charge < -0.3 is 14.7 Å². The van der Waals surface area contributed by atoms with Crippen LogP contribution in [0, 0.1) is 23.6 Å². The molecule has 1 aliphatic heterocycles. The Hall–Kier alpha value is -3.78. The number of ether oxygens (including phenoxy) is 1. The van der Waals surface area contributed by atoms with Gasteiger partial charge in [-0.3, -0.25) is 9.78 Å². The Morgan fingerprint density at radius 1 is 1.18 bits per heavy atom. The van der Waals surface area contributed by atoms with Gasteiger partial charge in [0, 0.05) is 42.9 Å². The fourth-order valence-corrected chi connectivity index (χ4v) is 6.06. The van der Waals surface area contributed by atoms with Gasteiger partial charge in [-0.1, -0.05) is 24.8 Å². The van der Waals surface area contributed by atoms with E-state index >= 15 is 0 Å². The first-order chi connectivity index (χ1) is 18.6. The number of benzene rings is 2. The van der Waals surface area contributed by atoms with Crippen molar-refractivity contribution >= 4 is 15.9 Å². The van der Waals surface area contributed by atoms with Crippen molar-refractivity contribution < 1.29 is 27.4 Å². The molecule has 0 bridgehead atoms. The van der Waals surface area contributed by atoms with Gasteiger partial charge in [0.15, 0.2) is 0 Å². The molecule has 0 saturated heterocycles. The second kappa shape index (κ2) is 11.9. The third-order valence-electron chi connectivity index (χ3n) is 6.55. The molecule has 204 valence electrons. The molecule has 3 atom stereocenters. The van der Waals surface area contributed by atoms with E-state index in [4.69, 9.17) is 4.74 Å². The molecule has 10 heteroatoms. The molecule has 2 aromatic carbocycles. The third-order valence-corrected chi connectivity index (χ3v) is 8.57. The van der Waals surface area contributed by atoms with Gasteiger partial charge in [-0.25, -0.2) is 12.8 Å². The van der Waals surface area contributed by atoms with Crippen molar-refractivity contribution in [2.45, 2.75) is 30.9 Å². The van der Waals surface area contributed by atoms with Crippen molar-refractivity contribution in [3.63, 3.8) is 0 Å². The van der Waals surface area contributed by atoms with Crippen molar-refractivity contribution in [2.24, 2.45) is 5.92 Å². The SMILES string of the molecule is C[C@@H]1CN([C@H](C)CO)S(=O)(=O)c2ccc(C#Cc3ccc(F)cc3)cc2O[C@H]1CN(C)C(=O)c1ccccn1. The van der Waals surface area contributed by atoms with Crippen LogP contribution in [0.25, 0.3) is 0 Å². The van der Waals surface area contributed by atoms with Crippen LogP contribution in [0.15, 0.2) is 71.8 Å². The van der Waals surface area contributed by atoms with Crippen LogP contribution < -0.4 is 4.74 Å². The fraction of sp³-hybridized carbons (Fsp3) is 0.310. The summed E-state index contributed by atoms with van der Waals surface area (Å²) in [6.07, 6.45) is 0.963. The number of carbonyl (C=O) groups excluding carboxylic acids is 1. The molecule has 3 aromatic rings. The van der Waals surface area contributed by atoms with Crippen LogP contribution in [-0.4, -0.2) is 72.5 Å². The predicted octanol–water partition coefficient (Wildman–Crippen LogP) is 3.16. The number of hydrogen-bond acceptors (Lipinski definition) is 6. The molecule has 2 heterocycles. The van der Waals surface area contributed by atoms with Crippen molar-refractivity contribution in [2.75, 3.05) is 26.7 Å². The number of pyridine rings is 1. The van der Waals surface area contributed by atoms with Gasteiger partial charge >= 0.3 is 0 Å². The topological polar surface area (TPSA) is 100 Å². The molecular formula is C29H30FN3O5S. The first kappa shape index (κ1) is 28.2. The Morgan fingerprint density at radius 2 is 1.87 bits per heavy atom. The number of nitrogens with zero attached hydrogens (tertiary/aromatic N) is 3. The number of halogens is 1. The van der Waals surface area contributed by atoms with Crippen molar-refractivity contribution in [1.82, 2.24) is 14.2 Å². The van der Waals surface area contributed by atoms with Crippen LogP contribution in [0.5, 0.6) is 5.75 Å². The number of aliphatic hydroxyl groups is 1. The van der Waals surface area contributed by atoms with E-state index in [0.29, 0.717) is 11.1 Å². The average Bonchev–Trinajstić information content (AvgIpc) is 2.94. The number of hydrogen-bond donors (Lipinski definition) is 1. The summed E-state index contributed by atoms with van der Waals surface area (Å²) >= 11 is 0. The quantitative estimate of drug-likeness (QED) is 0.489. The van der Waals surface area contributed by atoms with E-state index in [1.165, 1.54) is 27.4 Å². The molecule has 1 aliphatic rings. The number of fused-ring (bicyclic) bond motifs is 1. The summed E-state index contributed by atoms with van der Waals surface area (Å²) in [5.41, 5.74) is 1.39. The molecule has 1 aromatic heterocycles. The molecule has 4 rings (SSSR count). The van der Waals surface area contributed by atoms with E-state index in [0.717, 1.165) is 0 Å². The van der Waals surface area contributed by atoms with E-state index in [2.05, 4.69) is 16.8 Å². The molecule has 39 heavy (non-hydrogen) atoms. The molecule has 8 nitrogen and oxygen atoms in total. The summed E-state index contributed by atoms with van der Waals surface area (Å²) < 4.78 is 48.1. The van der Waals surface area contributed by atoms with E-state index in [-0.39, 0.29) is 53.7 Å². The Morgan fingerprint density at radius 3 is 2.54 bits per heavy atom. The van der Waals surface area contributed by atoms with Crippen LogP contribution in [0.4, 0.5) is 4.39 Å². The molecule has 0 radical (unpaired) electrons. The lowest BCUT2D eigenvalue weighted by Crippen LogP contribution is -2.50. The minimum absolute atomic E-state index is 0.0502. The number of carbonyl (C=O) groups is 1. The van der Waals surface area contributed by atoms with Gasteiger partial charge in [0.25, 0.3) is 5.91 Å². The Labute approximate surface area is 228 Å². The van der Waals surface area contributed by atoms with Gasteiger partial charge in [-0.15, -0.1) is 0 Å². The Kier molecular flexibility index (Phi) is 8.65. The number of sulfonamides is 1. The first-order valence-corrected chi connectivity index (χ1v) is 13.9. The summed E-state index contributed by atoms with van der Waals surface area (Å²) in [7, 11) is -2.38. The molecule has 0 saturated carbocycles. The first-order valence-electron chi connectivity index (χ1n) is 12.5. The minimum Gasteiger partial charge on any atom is -0.487 e. The highest BCUT2D eigenvalue weighted by atomic mass is 32.2. The maximum Gasteiger partial charge on any atom is 0.272 e. The lowest BCUT2D eigenvalue weighted by molar-refractivity contribution is 0.0559. The lowest BCUT2D eigenvalue weighted by Gasteiger charge is -2.37. The highest BCUT2D eigenvalue weighted by molar-refractivity contribution is 7.89. The zero-order chi connectivity index (χ0) is 28.2. The van der Waals surface area contributed by atoms with Gasteiger partial charge in [0.2, 0.25) is 10.0 Å². The summed E-state index contributed by atoms with van der Waals surface area (Å²) in [4.78, 5) is 18.5. The second-order valence-corrected chi connectivity index (χ2v) is 11.4. The summed E-state index contributed by atoms with van der Waals surface area (Å²) in [5, 5.41) is 9.83. The number of amides is 1.